The number of fused-ring (bicyclic) bond motifs is 1. The van der Waals surface area contributed by atoms with Crippen LogP contribution in [0, 0.1) is 33.5 Å². The number of hydrogen-bond acceptors (Lipinski definition) is 6. The van der Waals surface area contributed by atoms with Crippen LogP contribution < -0.4 is 5.73 Å². The van der Waals surface area contributed by atoms with Crippen molar-refractivity contribution in [3.05, 3.63) is 33.8 Å². The molecule has 130 valence electrons. The van der Waals surface area contributed by atoms with E-state index in [1.807, 2.05) is 0 Å². The second kappa shape index (κ2) is 5.86. The monoisotopic (exact) mass is 378 g/mol. The van der Waals surface area contributed by atoms with Crippen LogP contribution in [0.3, 0.4) is 0 Å². The van der Waals surface area contributed by atoms with E-state index in [1.54, 1.807) is 32.0 Å². The summed E-state index contributed by atoms with van der Waals surface area (Å²) in [4.78, 5) is 4.27. The van der Waals surface area contributed by atoms with Gasteiger partial charge in [-0.15, -0.1) is 0 Å². The predicted molar refractivity (Wildman–Crippen MR) is 92.9 cm³/mol. The molecule has 6 nitrogen and oxygen atoms in total. The van der Waals surface area contributed by atoms with Gasteiger partial charge in [0.15, 0.2) is 5.41 Å². The minimum Gasteiger partial charge on any atom is -0.386 e. The summed E-state index contributed by atoms with van der Waals surface area (Å²) >= 11 is 12.5. The van der Waals surface area contributed by atoms with Gasteiger partial charge in [-0.2, -0.15) is 10.5 Å². The van der Waals surface area contributed by atoms with E-state index in [4.69, 9.17) is 38.4 Å². The number of benzene rings is 1. The molecule has 0 unspecified atom stereocenters. The number of nitrogens with zero attached hydrogens (tertiary/aromatic N) is 3. The highest BCUT2D eigenvalue weighted by Crippen LogP contribution is 2.82. The SMILES string of the molecule is CCOC1(OCC)N=C(N)[C@]2(C#N)[C@@H](c3cccc(Cl)c3Cl)[C@@]12C#N. The van der Waals surface area contributed by atoms with E-state index in [-0.39, 0.29) is 24.1 Å². The third-order valence-electron chi connectivity index (χ3n) is 4.90. The van der Waals surface area contributed by atoms with E-state index < -0.39 is 22.7 Å². The number of aliphatic imine (C=N–C) groups is 1. The maximum Gasteiger partial charge on any atom is 0.293 e. The number of hydrogen-bond donors (Lipinski definition) is 1. The van der Waals surface area contributed by atoms with Gasteiger partial charge in [0.25, 0.3) is 5.91 Å². The number of ether oxygens (including phenoxy) is 2. The second-order valence-electron chi connectivity index (χ2n) is 5.86. The molecule has 1 aliphatic heterocycles. The number of nitrogens with two attached hydrogens (primary N) is 1. The topological polar surface area (TPSA) is 104 Å². The van der Waals surface area contributed by atoms with Crippen LogP contribution in [-0.4, -0.2) is 25.0 Å². The first-order chi connectivity index (χ1) is 11.9. The summed E-state index contributed by atoms with van der Waals surface area (Å²) in [7, 11) is 0. The molecule has 1 heterocycles. The average Bonchev–Trinajstić information content (AvgIpc) is 3.16. The van der Waals surface area contributed by atoms with Crippen molar-refractivity contribution < 1.29 is 9.47 Å². The van der Waals surface area contributed by atoms with E-state index in [2.05, 4.69) is 17.1 Å². The Morgan fingerprint density at radius 3 is 2.36 bits per heavy atom. The summed E-state index contributed by atoms with van der Waals surface area (Å²) in [5.74, 6) is -2.29. The number of nitriles is 2. The molecule has 1 aliphatic carbocycles. The molecule has 0 amide bonds. The maximum absolute atomic E-state index is 10.1. The van der Waals surface area contributed by atoms with E-state index in [0.29, 0.717) is 10.6 Å². The zero-order chi connectivity index (χ0) is 18.5. The molecule has 1 aromatic rings. The summed E-state index contributed by atoms with van der Waals surface area (Å²) < 4.78 is 11.5. The van der Waals surface area contributed by atoms with E-state index >= 15 is 0 Å². The van der Waals surface area contributed by atoms with Gasteiger partial charge in [-0.1, -0.05) is 35.3 Å². The van der Waals surface area contributed by atoms with E-state index in [9.17, 15) is 10.5 Å². The summed E-state index contributed by atoms with van der Waals surface area (Å²) in [6.07, 6.45) is 0. The molecule has 1 fully saturated rings. The first-order valence-electron chi connectivity index (χ1n) is 7.82. The fourth-order valence-electron chi connectivity index (χ4n) is 3.96. The Morgan fingerprint density at radius 2 is 1.84 bits per heavy atom. The van der Waals surface area contributed by atoms with Crippen LogP contribution >= 0.6 is 23.2 Å². The molecular weight excluding hydrogens is 363 g/mol. The fourth-order valence-corrected chi connectivity index (χ4v) is 4.38. The van der Waals surface area contributed by atoms with Crippen LogP contribution in [0.5, 0.6) is 0 Å². The Hall–Kier alpha value is -1.83. The molecule has 0 radical (unpaired) electrons. The van der Waals surface area contributed by atoms with Gasteiger partial charge in [0.1, 0.15) is 11.3 Å². The Balaban J connectivity index is 2.27. The van der Waals surface area contributed by atoms with Crippen LogP contribution in [0.4, 0.5) is 0 Å². The Kier molecular flexibility index (Phi) is 4.21. The molecule has 2 N–H and O–H groups in total. The van der Waals surface area contributed by atoms with Gasteiger partial charge in [0.2, 0.25) is 0 Å². The van der Waals surface area contributed by atoms with Crippen LogP contribution in [0.15, 0.2) is 23.2 Å². The number of amidine groups is 1. The van der Waals surface area contributed by atoms with Gasteiger partial charge in [0, 0.05) is 19.1 Å². The Bertz CT molecular complexity index is 838. The van der Waals surface area contributed by atoms with Gasteiger partial charge in [-0.3, -0.25) is 0 Å². The lowest BCUT2D eigenvalue weighted by Gasteiger charge is -2.31. The van der Waals surface area contributed by atoms with Gasteiger partial charge >= 0.3 is 0 Å². The molecule has 8 heteroatoms. The highest BCUT2D eigenvalue weighted by Gasteiger charge is 2.94. The predicted octanol–water partition coefficient (Wildman–Crippen LogP) is 3.21. The molecule has 25 heavy (non-hydrogen) atoms. The fraction of sp³-hybridized carbons (Fsp3) is 0.471. The molecule has 1 saturated carbocycles. The molecule has 0 aromatic heterocycles. The molecule has 0 saturated heterocycles. The Labute approximate surface area is 155 Å². The lowest BCUT2D eigenvalue weighted by Crippen LogP contribution is -2.43. The molecule has 3 atom stereocenters. The van der Waals surface area contributed by atoms with Crippen LogP contribution in [-0.2, 0) is 9.47 Å². The zero-order valence-electron chi connectivity index (χ0n) is 13.7. The standard InChI is InChI=1S/C17H16Cl2N4O2/c1-3-24-17(25-4-2)16(9-21)13(15(16,8-20)14(22)23-17)10-6-5-7-11(18)12(10)19/h5-7,13H,3-4H2,1-2H3,(H2,22,23)/t13-,15+,16-/m1/s1. The molecule has 0 spiro atoms. The Morgan fingerprint density at radius 1 is 1.20 bits per heavy atom. The molecule has 1 aromatic carbocycles. The highest BCUT2D eigenvalue weighted by molar-refractivity contribution is 6.42. The minimum atomic E-state index is -1.65. The molecule has 3 rings (SSSR count). The van der Waals surface area contributed by atoms with E-state index in [1.165, 1.54) is 0 Å². The maximum atomic E-state index is 10.1. The van der Waals surface area contributed by atoms with Gasteiger partial charge in [0.05, 0.1) is 22.2 Å². The largest absolute Gasteiger partial charge is 0.386 e. The minimum absolute atomic E-state index is 0.0134. The summed E-state index contributed by atoms with van der Waals surface area (Å²) in [5.41, 5.74) is 3.87. The first kappa shape index (κ1) is 18.0. The smallest absolute Gasteiger partial charge is 0.293 e. The van der Waals surface area contributed by atoms with Crippen molar-refractivity contribution in [3.8, 4) is 12.1 Å². The molecular formula is C17H16Cl2N4O2. The summed E-state index contributed by atoms with van der Waals surface area (Å²) in [6.45, 7) is 3.98. The van der Waals surface area contributed by atoms with Crippen molar-refractivity contribution in [1.82, 2.24) is 0 Å². The van der Waals surface area contributed by atoms with Crippen LogP contribution in [0.2, 0.25) is 10.0 Å². The average molecular weight is 379 g/mol. The van der Waals surface area contributed by atoms with Crippen molar-refractivity contribution >= 4 is 29.0 Å². The third kappa shape index (κ3) is 1.89. The number of halogens is 2. The first-order valence-corrected chi connectivity index (χ1v) is 8.58. The van der Waals surface area contributed by atoms with Gasteiger partial charge < -0.3 is 15.2 Å². The normalized spacial score (nSPS) is 31.6. The quantitative estimate of drug-likeness (QED) is 0.791. The zero-order valence-corrected chi connectivity index (χ0v) is 15.2. The van der Waals surface area contributed by atoms with Gasteiger partial charge in [-0.05, 0) is 25.5 Å². The van der Waals surface area contributed by atoms with Crippen molar-refractivity contribution in [3.63, 3.8) is 0 Å². The van der Waals surface area contributed by atoms with Crippen LogP contribution in [0.25, 0.3) is 0 Å². The summed E-state index contributed by atoms with van der Waals surface area (Å²) in [5, 5.41) is 20.7. The number of rotatable bonds is 5. The molecule has 2 aliphatic rings. The van der Waals surface area contributed by atoms with Gasteiger partial charge in [-0.25, -0.2) is 4.99 Å². The third-order valence-corrected chi connectivity index (χ3v) is 5.73. The van der Waals surface area contributed by atoms with Crippen molar-refractivity contribution in [1.29, 1.82) is 10.5 Å². The highest BCUT2D eigenvalue weighted by atomic mass is 35.5. The van der Waals surface area contributed by atoms with E-state index in [0.717, 1.165) is 0 Å². The summed E-state index contributed by atoms with van der Waals surface area (Å²) in [6, 6.07) is 9.48. The lowest BCUT2D eigenvalue weighted by molar-refractivity contribution is -0.255. The second-order valence-corrected chi connectivity index (χ2v) is 6.65. The van der Waals surface area contributed by atoms with Crippen molar-refractivity contribution in [2.24, 2.45) is 21.6 Å². The van der Waals surface area contributed by atoms with Crippen molar-refractivity contribution in [2.45, 2.75) is 25.7 Å². The van der Waals surface area contributed by atoms with Crippen molar-refractivity contribution in [2.75, 3.05) is 13.2 Å². The lowest BCUT2D eigenvalue weighted by atomic mass is 9.93. The molecule has 0 bridgehead atoms. The van der Waals surface area contributed by atoms with Crippen LogP contribution in [0.1, 0.15) is 25.3 Å².